The first kappa shape index (κ1) is 19.4. The van der Waals surface area contributed by atoms with Gasteiger partial charge in [0.1, 0.15) is 12.7 Å². The van der Waals surface area contributed by atoms with Gasteiger partial charge in [0.05, 0.1) is 6.61 Å². The number of nitrogens with zero attached hydrogens (tertiary/aromatic N) is 1. The Kier molecular flexibility index (Phi) is 7.65. The van der Waals surface area contributed by atoms with Crippen molar-refractivity contribution in [2.24, 2.45) is 0 Å². The van der Waals surface area contributed by atoms with Crippen molar-refractivity contribution >= 4 is 12.4 Å². The summed E-state index contributed by atoms with van der Waals surface area (Å²) < 4.78 is 61.8. The molecule has 1 aliphatic rings. The number of rotatable bonds is 4. The van der Waals surface area contributed by atoms with E-state index in [1.165, 1.54) is 0 Å². The fourth-order valence-electron chi connectivity index (χ4n) is 1.98. The molecule has 0 aromatic heterocycles. The van der Waals surface area contributed by atoms with E-state index in [0.29, 0.717) is 25.3 Å². The van der Waals surface area contributed by atoms with Gasteiger partial charge in [0.25, 0.3) is 0 Å². The summed E-state index contributed by atoms with van der Waals surface area (Å²) in [5.41, 5.74) is -0.872. The summed E-state index contributed by atoms with van der Waals surface area (Å²) in [6.45, 7) is -3.23. The first-order valence-corrected chi connectivity index (χ1v) is 6.28. The summed E-state index contributed by atoms with van der Waals surface area (Å²) in [6.07, 6.45) is -0.270. The van der Waals surface area contributed by atoms with E-state index < -0.39 is 24.0 Å². The van der Waals surface area contributed by atoms with Gasteiger partial charge >= 0.3 is 58.4 Å². The Bertz CT molecular complexity index is 475. The number of ether oxygens (including phenoxy) is 2. The van der Waals surface area contributed by atoms with Crippen LogP contribution in [0.2, 0.25) is 0 Å². The van der Waals surface area contributed by atoms with E-state index in [4.69, 9.17) is 9.47 Å². The van der Waals surface area contributed by atoms with E-state index in [1.54, 1.807) is 0 Å². The van der Waals surface area contributed by atoms with Gasteiger partial charge in [-0.3, -0.25) is 0 Å². The summed E-state index contributed by atoms with van der Waals surface area (Å²) in [7, 11) is 1.91. The van der Waals surface area contributed by atoms with Gasteiger partial charge in [0.15, 0.2) is 11.6 Å². The minimum Gasteiger partial charge on any atom is -0.488 e. The van der Waals surface area contributed by atoms with Gasteiger partial charge in [-0.25, -0.2) is 4.39 Å². The van der Waals surface area contributed by atoms with E-state index in [9.17, 15) is 17.3 Å². The molecule has 112 valence electrons. The Morgan fingerprint density at radius 2 is 2.10 bits per heavy atom. The van der Waals surface area contributed by atoms with Crippen LogP contribution in [0.15, 0.2) is 18.2 Å². The van der Waals surface area contributed by atoms with Crippen molar-refractivity contribution in [2.45, 2.75) is 6.10 Å². The second-order valence-corrected chi connectivity index (χ2v) is 4.83. The second-order valence-electron chi connectivity index (χ2n) is 4.83. The largest absolute Gasteiger partial charge is 1.00 e. The molecule has 1 saturated heterocycles. The Labute approximate surface area is 163 Å². The van der Waals surface area contributed by atoms with Crippen molar-refractivity contribution in [2.75, 3.05) is 33.4 Å². The Morgan fingerprint density at radius 1 is 1.38 bits per heavy atom. The number of halogens is 4. The van der Waals surface area contributed by atoms with Crippen LogP contribution in [-0.2, 0) is 4.74 Å². The van der Waals surface area contributed by atoms with Crippen molar-refractivity contribution in [3.63, 3.8) is 0 Å². The molecule has 0 bridgehead atoms. The maximum absolute atomic E-state index is 13.5. The molecular weight excluding hydrogens is 316 g/mol. The molecule has 1 aromatic carbocycles. The van der Waals surface area contributed by atoms with Gasteiger partial charge in [-0.05, 0) is 19.2 Å². The minimum absolute atomic E-state index is 0. The fourth-order valence-corrected chi connectivity index (χ4v) is 1.98. The van der Waals surface area contributed by atoms with Crippen molar-refractivity contribution in [1.82, 2.24) is 4.90 Å². The Morgan fingerprint density at radius 3 is 2.71 bits per heavy atom. The standard InChI is InChI=1S/C12H15BF4NO2.K/c1-18-4-5-19-10(7-18)8-20-12-6-9(13(15,16)17)2-3-11(12)14;/h2-3,6,10H,4-5,7-8H2,1H3;/q-1;+1. The van der Waals surface area contributed by atoms with Crippen molar-refractivity contribution in [1.29, 1.82) is 0 Å². The van der Waals surface area contributed by atoms with Crippen LogP contribution in [0, 0.1) is 5.82 Å². The maximum atomic E-state index is 13.5. The molecule has 1 unspecified atom stereocenters. The van der Waals surface area contributed by atoms with Crippen LogP contribution >= 0.6 is 0 Å². The first-order valence-electron chi connectivity index (χ1n) is 6.28. The van der Waals surface area contributed by atoms with Gasteiger partial charge in [0.2, 0.25) is 0 Å². The van der Waals surface area contributed by atoms with Crippen molar-refractivity contribution in [3.05, 3.63) is 24.0 Å². The summed E-state index contributed by atoms with van der Waals surface area (Å²) in [5.74, 6) is -1.20. The average molecular weight is 331 g/mol. The van der Waals surface area contributed by atoms with Gasteiger partial charge in [-0.2, -0.15) is 0 Å². The maximum Gasteiger partial charge on any atom is 1.00 e. The third kappa shape index (κ3) is 5.81. The van der Waals surface area contributed by atoms with Crippen LogP contribution in [0.5, 0.6) is 5.75 Å². The predicted molar refractivity (Wildman–Crippen MR) is 67.8 cm³/mol. The predicted octanol–water partition coefficient (Wildman–Crippen LogP) is -1.41. The molecule has 3 nitrogen and oxygen atoms in total. The topological polar surface area (TPSA) is 21.7 Å². The molecule has 1 aliphatic heterocycles. The van der Waals surface area contributed by atoms with Crippen LogP contribution in [0.1, 0.15) is 0 Å². The number of hydrogen-bond donors (Lipinski definition) is 0. The molecule has 1 atom stereocenters. The molecule has 2 rings (SSSR count). The molecule has 0 radical (unpaired) electrons. The molecule has 9 heteroatoms. The SMILES string of the molecule is CN1CCOC(COc2cc([B-](F)(F)F)ccc2F)C1.[K+]. The van der Waals surface area contributed by atoms with E-state index in [-0.39, 0.29) is 64.1 Å². The molecule has 0 aliphatic carbocycles. The van der Waals surface area contributed by atoms with Crippen molar-refractivity contribution in [3.8, 4) is 5.75 Å². The zero-order valence-electron chi connectivity index (χ0n) is 12.0. The molecule has 1 heterocycles. The zero-order valence-corrected chi connectivity index (χ0v) is 15.1. The van der Waals surface area contributed by atoms with Gasteiger partial charge in [-0.15, -0.1) is 5.46 Å². The molecular formula is C12H15BF4KNO2. The fraction of sp³-hybridized carbons (Fsp3) is 0.500. The van der Waals surface area contributed by atoms with Crippen LogP contribution in [0.25, 0.3) is 0 Å². The van der Waals surface area contributed by atoms with E-state index in [2.05, 4.69) is 0 Å². The first-order chi connectivity index (χ1) is 9.36. The Balaban J connectivity index is 0.00000220. The van der Waals surface area contributed by atoms with Crippen LogP contribution in [0.4, 0.5) is 17.3 Å². The minimum atomic E-state index is -5.17. The number of morpholine rings is 1. The summed E-state index contributed by atoms with van der Waals surface area (Å²) >= 11 is 0. The molecule has 0 N–H and O–H groups in total. The summed E-state index contributed by atoms with van der Waals surface area (Å²) in [5, 5.41) is 0. The molecule has 0 saturated carbocycles. The zero-order chi connectivity index (χ0) is 14.8. The summed E-state index contributed by atoms with van der Waals surface area (Å²) in [6, 6.07) is 2.18. The molecule has 1 fully saturated rings. The monoisotopic (exact) mass is 331 g/mol. The van der Waals surface area contributed by atoms with Crippen LogP contribution in [0.3, 0.4) is 0 Å². The Hall–Kier alpha value is 0.361. The van der Waals surface area contributed by atoms with E-state index in [0.717, 1.165) is 12.6 Å². The van der Waals surface area contributed by atoms with Crippen LogP contribution < -0.4 is 61.6 Å². The molecule has 0 amide bonds. The third-order valence-electron chi connectivity index (χ3n) is 3.10. The quantitative estimate of drug-likeness (QED) is 0.500. The number of benzene rings is 1. The van der Waals surface area contributed by atoms with Crippen LogP contribution in [-0.4, -0.2) is 51.3 Å². The molecule has 1 aromatic rings. The smallest absolute Gasteiger partial charge is 0.488 e. The number of hydrogen-bond acceptors (Lipinski definition) is 3. The second kappa shape index (κ2) is 8.28. The normalized spacial score (nSPS) is 20.0. The van der Waals surface area contributed by atoms with Crippen molar-refractivity contribution < 1.29 is 78.2 Å². The molecule has 0 spiro atoms. The van der Waals surface area contributed by atoms with Gasteiger partial charge in [-0.1, -0.05) is 6.07 Å². The third-order valence-corrected chi connectivity index (χ3v) is 3.10. The van der Waals surface area contributed by atoms with E-state index >= 15 is 0 Å². The van der Waals surface area contributed by atoms with E-state index in [1.807, 2.05) is 11.9 Å². The van der Waals surface area contributed by atoms with Gasteiger partial charge < -0.3 is 27.3 Å². The number of likely N-dealkylation sites (N-methyl/N-ethyl adjacent to an activating group) is 1. The summed E-state index contributed by atoms with van der Waals surface area (Å²) in [4.78, 5) is 2.02. The van der Waals surface area contributed by atoms with Gasteiger partial charge in [0, 0.05) is 13.1 Å². The average Bonchev–Trinajstić information content (AvgIpc) is 2.36. The molecule has 21 heavy (non-hydrogen) atoms.